The normalized spacial score (nSPS) is 29.2. The van der Waals surface area contributed by atoms with E-state index in [9.17, 15) is 24.0 Å². The highest BCUT2D eigenvalue weighted by atomic mass is 16.7. The topological polar surface area (TPSA) is 141 Å². The van der Waals surface area contributed by atoms with Crippen molar-refractivity contribution in [3.05, 3.63) is 0 Å². The largest absolute Gasteiger partial charge is 0.455 e. The Hall–Kier alpha value is -2.69. The number of carbonyl (C=O) groups is 5. The van der Waals surface area contributed by atoms with Gasteiger partial charge < -0.3 is 28.4 Å². The van der Waals surface area contributed by atoms with Crippen LogP contribution in [0.25, 0.3) is 0 Å². The van der Waals surface area contributed by atoms with Crippen molar-refractivity contribution in [3.8, 4) is 0 Å². The molecule has 1 fully saturated rings. The highest BCUT2D eigenvalue weighted by Crippen LogP contribution is 2.34. The van der Waals surface area contributed by atoms with E-state index in [0.29, 0.717) is 0 Å². The van der Waals surface area contributed by atoms with Crippen LogP contribution >= 0.6 is 0 Å². The molecule has 0 aromatic rings. The fourth-order valence-corrected chi connectivity index (χ4v) is 3.02. The van der Waals surface area contributed by atoms with Crippen LogP contribution < -0.4 is 0 Å². The van der Waals surface area contributed by atoms with Crippen LogP contribution in [-0.4, -0.2) is 73.6 Å². The number of rotatable bonds is 6. The molecule has 0 amide bonds. The van der Waals surface area contributed by atoms with Crippen LogP contribution in [0.4, 0.5) is 0 Å². The van der Waals surface area contributed by atoms with Gasteiger partial charge in [0, 0.05) is 41.7 Å². The SMILES string of the molecule is CO[C@@H]1[C@@H](OC(C)=O)[C@H](OC(C)=O)[C@@H](OC(C)=O)[C@@H](OC(C)=O)[C@H]1OC(C)=O. The zero-order valence-electron chi connectivity index (χ0n) is 16.5. The maximum absolute atomic E-state index is 11.6. The van der Waals surface area contributed by atoms with Crippen LogP contribution in [-0.2, 0) is 52.4 Å². The van der Waals surface area contributed by atoms with E-state index in [0.717, 1.165) is 34.6 Å². The molecule has 0 aromatic carbocycles. The minimum absolute atomic E-state index is 0.752. The van der Waals surface area contributed by atoms with Gasteiger partial charge in [-0.1, -0.05) is 0 Å². The average Bonchev–Trinajstić information content (AvgIpc) is 2.52. The van der Waals surface area contributed by atoms with Crippen molar-refractivity contribution in [2.45, 2.75) is 71.2 Å². The molecule has 0 heterocycles. The third-order valence-electron chi connectivity index (χ3n) is 3.73. The third kappa shape index (κ3) is 6.19. The molecule has 1 saturated carbocycles. The number of carbonyl (C=O) groups excluding carboxylic acids is 5. The maximum atomic E-state index is 11.6. The van der Waals surface area contributed by atoms with Crippen molar-refractivity contribution < 1.29 is 52.4 Å². The molecule has 1 aliphatic rings. The molecule has 0 spiro atoms. The minimum Gasteiger partial charge on any atom is -0.455 e. The van der Waals surface area contributed by atoms with Crippen molar-refractivity contribution in [3.63, 3.8) is 0 Å². The summed E-state index contributed by atoms with van der Waals surface area (Å²) in [6.07, 6.45) is -8.00. The molecule has 11 heteroatoms. The molecule has 0 aromatic heterocycles. The van der Waals surface area contributed by atoms with E-state index in [1.807, 2.05) is 0 Å². The predicted octanol–water partition coefficient (Wildman–Crippen LogP) is -0.326. The molecule has 1 aliphatic carbocycles. The Kier molecular flexibility index (Phi) is 8.35. The van der Waals surface area contributed by atoms with Gasteiger partial charge in [-0.05, 0) is 0 Å². The predicted molar refractivity (Wildman–Crippen MR) is 88.6 cm³/mol. The van der Waals surface area contributed by atoms with E-state index in [4.69, 9.17) is 28.4 Å². The molecule has 0 aliphatic heterocycles. The Morgan fingerprint density at radius 1 is 0.429 bits per heavy atom. The zero-order valence-corrected chi connectivity index (χ0v) is 16.5. The van der Waals surface area contributed by atoms with Gasteiger partial charge in [0.1, 0.15) is 6.10 Å². The van der Waals surface area contributed by atoms with Gasteiger partial charge >= 0.3 is 29.8 Å². The minimum atomic E-state index is -1.43. The molecule has 0 unspecified atom stereocenters. The molecule has 1 rings (SSSR count). The summed E-state index contributed by atoms with van der Waals surface area (Å²) in [5.41, 5.74) is 0. The zero-order chi connectivity index (χ0) is 21.6. The summed E-state index contributed by atoms with van der Waals surface area (Å²) in [5.74, 6) is -3.85. The molecule has 0 radical (unpaired) electrons. The monoisotopic (exact) mass is 404 g/mol. The lowest BCUT2D eigenvalue weighted by molar-refractivity contribution is -0.259. The molecule has 11 nitrogen and oxygen atoms in total. The number of esters is 5. The summed E-state index contributed by atoms with van der Waals surface area (Å²) in [4.78, 5) is 58.1. The fourth-order valence-electron chi connectivity index (χ4n) is 3.02. The molecular weight excluding hydrogens is 380 g/mol. The Morgan fingerprint density at radius 3 is 0.750 bits per heavy atom. The Labute approximate surface area is 161 Å². The van der Waals surface area contributed by atoms with Crippen LogP contribution in [0.2, 0.25) is 0 Å². The van der Waals surface area contributed by atoms with Crippen LogP contribution in [0.1, 0.15) is 34.6 Å². The van der Waals surface area contributed by atoms with Gasteiger partial charge in [-0.25, -0.2) is 0 Å². The van der Waals surface area contributed by atoms with Crippen molar-refractivity contribution >= 4 is 29.8 Å². The molecule has 0 N–H and O–H groups in total. The van der Waals surface area contributed by atoms with Gasteiger partial charge in [-0.15, -0.1) is 0 Å². The average molecular weight is 404 g/mol. The number of ether oxygens (including phenoxy) is 6. The van der Waals surface area contributed by atoms with Gasteiger partial charge in [0.05, 0.1) is 0 Å². The first-order valence-electron chi connectivity index (χ1n) is 8.36. The summed E-state index contributed by atoms with van der Waals surface area (Å²) in [6, 6.07) is 0. The second kappa shape index (κ2) is 10.0. The molecule has 6 atom stereocenters. The number of hydrogen-bond donors (Lipinski definition) is 0. The lowest BCUT2D eigenvalue weighted by Crippen LogP contribution is -2.68. The van der Waals surface area contributed by atoms with Crippen LogP contribution in [0.3, 0.4) is 0 Å². The Balaban J connectivity index is 3.54. The summed E-state index contributed by atoms with van der Waals surface area (Å²) < 4.78 is 31.4. The first kappa shape index (κ1) is 23.3. The van der Waals surface area contributed by atoms with E-state index in [2.05, 4.69) is 0 Å². The summed E-state index contributed by atoms with van der Waals surface area (Å²) >= 11 is 0. The van der Waals surface area contributed by atoms with E-state index < -0.39 is 66.5 Å². The standard InChI is InChI=1S/C17H24O11/c1-7(18)24-13-12(23-6)14(25-8(2)19)16(27-10(4)21)17(28-11(5)22)15(13)26-9(3)20/h12-17H,1-6H3/t12-,13-,14+,15-,16-,17-/m0/s1. The second-order valence-corrected chi connectivity index (χ2v) is 6.07. The van der Waals surface area contributed by atoms with Crippen molar-refractivity contribution in [2.75, 3.05) is 7.11 Å². The Morgan fingerprint density at radius 2 is 0.607 bits per heavy atom. The van der Waals surface area contributed by atoms with Gasteiger partial charge in [-0.3, -0.25) is 24.0 Å². The molecule has 0 saturated heterocycles. The molecule has 158 valence electrons. The third-order valence-corrected chi connectivity index (χ3v) is 3.73. The second-order valence-electron chi connectivity index (χ2n) is 6.07. The number of hydrogen-bond acceptors (Lipinski definition) is 11. The molecule has 0 bridgehead atoms. The maximum Gasteiger partial charge on any atom is 0.303 e. The fraction of sp³-hybridized carbons (Fsp3) is 0.706. The summed E-state index contributed by atoms with van der Waals surface area (Å²) in [6.45, 7) is 5.49. The molecule has 28 heavy (non-hydrogen) atoms. The highest BCUT2D eigenvalue weighted by Gasteiger charge is 2.59. The van der Waals surface area contributed by atoms with E-state index in [1.54, 1.807) is 0 Å². The summed E-state index contributed by atoms with van der Waals surface area (Å²) in [5, 5.41) is 0. The van der Waals surface area contributed by atoms with Crippen LogP contribution in [0.5, 0.6) is 0 Å². The quantitative estimate of drug-likeness (QED) is 0.424. The summed E-state index contributed by atoms with van der Waals surface area (Å²) in [7, 11) is 1.24. The lowest BCUT2D eigenvalue weighted by Gasteiger charge is -2.46. The smallest absolute Gasteiger partial charge is 0.303 e. The van der Waals surface area contributed by atoms with Gasteiger partial charge in [0.15, 0.2) is 30.5 Å². The van der Waals surface area contributed by atoms with E-state index in [-0.39, 0.29) is 0 Å². The highest BCUT2D eigenvalue weighted by molar-refractivity contribution is 5.70. The van der Waals surface area contributed by atoms with Gasteiger partial charge in [0.25, 0.3) is 0 Å². The van der Waals surface area contributed by atoms with Crippen molar-refractivity contribution in [1.82, 2.24) is 0 Å². The van der Waals surface area contributed by atoms with E-state index in [1.165, 1.54) is 7.11 Å². The first-order valence-corrected chi connectivity index (χ1v) is 8.36. The first-order chi connectivity index (χ1) is 13.0. The van der Waals surface area contributed by atoms with Crippen molar-refractivity contribution in [2.24, 2.45) is 0 Å². The van der Waals surface area contributed by atoms with Gasteiger partial charge in [-0.2, -0.15) is 0 Å². The van der Waals surface area contributed by atoms with Crippen LogP contribution in [0, 0.1) is 0 Å². The van der Waals surface area contributed by atoms with Crippen molar-refractivity contribution in [1.29, 1.82) is 0 Å². The van der Waals surface area contributed by atoms with Crippen LogP contribution in [0.15, 0.2) is 0 Å². The Bertz CT molecular complexity index is 585. The van der Waals surface area contributed by atoms with Gasteiger partial charge in [0.2, 0.25) is 0 Å². The lowest BCUT2D eigenvalue weighted by atomic mass is 9.83. The van der Waals surface area contributed by atoms with E-state index >= 15 is 0 Å². The number of methoxy groups -OCH3 is 1. The molecular formula is C17H24O11.